The van der Waals surface area contributed by atoms with Gasteiger partial charge in [0.25, 0.3) is 0 Å². The van der Waals surface area contributed by atoms with E-state index in [2.05, 4.69) is 24.0 Å². The van der Waals surface area contributed by atoms with E-state index in [1.54, 1.807) is 6.92 Å². The molecule has 1 aromatic carbocycles. The van der Waals surface area contributed by atoms with Gasteiger partial charge in [-0.25, -0.2) is 9.78 Å². The first-order valence-electron chi connectivity index (χ1n) is 7.01. The fraction of sp³-hybridized carbons (Fsp3) is 0.375. The van der Waals surface area contributed by atoms with Crippen LogP contribution in [-0.2, 0) is 12.8 Å². The Balaban J connectivity index is 1.86. The van der Waals surface area contributed by atoms with E-state index in [-0.39, 0.29) is 0 Å². The summed E-state index contributed by atoms with van der Waals surface area (Å²) >= 11 is 1.22. The number of rotatable bonds is 7. The summed E-state index contributed by atoms with van der Waals surface area (Å²) in [6.07, 6.45) is 2.83. The van der Waals surface area contributed by atoms with E-state index in [9.17, 15) is 4.79 Å². The van der Waals surface area contributed by atoms with Gasteiger partial charge in [0.05, 0.1) is 17.3 Å². The van der Waals surface area contributed by atoms with Crippen molar-refractivity contribution in [1.29, 1.82) is 0 Å². The zero-order chi connectivity index (χ0) is 15.2. The van der Waals surface area contributed by atoms with Crippen molar-refractivity contribution < 1.29 is 14.6 Å². The first-order valence-corrected chi connectivity index (χ1v) is 7.83. The van der Waals surface area contributed by atoms with Gasteiger partial charge in [-0.1, -0.05) is 25.5 Å². The lowest BCUT2D eigenvalue weighted by atomic mass is 10.1. The molecule has 1 heterocycles. The molecule has 0 amide bonds. The topological polar surface area (TPSA) is 59.4 Å². The number of carboxylic acid groups (broad SMARTS) is 1. The molecule has 0 radical (unpaired) electrons. The predicted octanol–water partition coefficient (Wildman–Crippen LogP) is 3.72. The van der Waals surface area contributed by atoms with Crippen molar-refractivity contribution >= 4 is 17.3 Å². The van der Waals surface area contributed by atoms with Crippen LogP contribution in [0.1, 0.15) is 39.3 Å². The Bertz CT molecular complexity index is 604. The molecule has 0 spiro atoms. The van der Waals surface area contributed by atoms with Crippen LogP contribution in [0.15, 0.2) is 24.3 Å². The Morgan fingerprint density at radius 2 is 2.00 bits per heavy atom. The molecule has 1 aromatic heterocycles. The van der Waals surface area contributed by atoms with Crippen molar-refractivity contribution in [1.82, 2.24) is 4.98 Å². The van der Waals surface area contributed by atoms with Crippen molar-refractivity contribution in [3.8, 4) is 5.75 Å². The molecule has 0 atom stereocenters. The molecule has 1 N–H and O–H groups in total. The van der Waals surface area contributed by atoms with E-state index in [1.165, 1.54) is 16.9 Å². The maximum Gasteiger partial charge on any atom is 0.347 e. The average Bonchev–Trinajstić information content (AvgIpc) is 2.82. The number of ether oxygens (including phenoxy) is 1. The lowest BCUT2D eigenvalue weighted by Gasteiger charge is -2.06. The summed E-state index contributed by atoms with van der Waals surface area (Å²) in [6.45, 7) is 4.38. The van der Waals surface area contributed by atoms with Crippen LogP contribution in [0.25, 0.3) is 0 Å². The third-order valence-electron chi connectivity index (χ3n) is 3.08. The van der Waals surface area contributed by atoms with Gasteiger partial charge in [-0.3, -0.25) is 0 Å². The van der Waals surface area contributed by atoms with Crippen molar-refractivity contribution in [2.75, 3.05) is 6.61 Å². The van der Waals surface area contributed by atoms with E-state index < -0.39 is 5.97 Å². The number of aromatic nitrogens is 1. The zero-order valence-electron chi connectivity index (χ0n) is 12.3. The lowest BCUT2D eigenvalue weighted by Crippen LogP contribution is -2.01. The van der Waals surface area contributed by atoms with E-state index in [4.69, 9.17) is 9.84 Å². The molecule has 2 rings (SSSR count). The summed E-state index contributed by atoms with van der Waals surface area (Å²) in [5, 5.41) is 9.79. The summed E-state index contributed by atoms with van der Waals surface area (Å²) in [6, 6.07) is 8.10. The SMILES string of the molecule is CCCc1ccc(OCCc2nc(C)c(C(=O)O)s2)cc1. The van der Waals surface area contributed by atoms with E-state index >= 15 is 0 Å². The van der Waals surface area contributed by atoms with Gasteiger partial charge in [-0.15, -0.1) is 11.3 Å². The molecular formula is C16H19NO3S. The number of carboxylic acids is 1. The molecule has 0 saturated heterocycles. The predicted molar refractivity (Wildman–Crippen MR) is 83.4 cm³/mol. The molecule has 0 aliphatic carbocycles. The molecule has 2 aromatic rings. The number of thiazole rings is 1. The van der Waals surface area contributed by atoms with Crippen molar-refractivity contribution in [3.05, 3.63) is 45.4 Å². The Hall–Kier alpha value is -1.88. The highest BCUT2D eigenvalue weighted by molar-refractivity contribution is 7.13. The summed E-state index contributed by atoms with van der Waals surface area (Å²) in [5.41, 5.74) is 1.89. The molecule has 0 saturated carbocycles. The van der Waals surface area contributed by atoms with Crippen LogP contribution >= 0.6 is 11.3 Å². The molecule has 112 valence electrons. The second kappa shape index (κ2) is 7.22. The highest BCUT2D eigenvalue weighted by Crippen LogP contribution is 2.19. The van der Waals surface area contributed by atoms with Crippen molar-refractivity contribution in [3.63, 3.8) is 0 Å². The van der Waals surface area contributed by atoms with Crippen molar-refractivity contribution in [2.45, 2.75) is 33.1 Å². The Morgan fingerprint density at radius 3 is 2.57 bits per heavy atom. The van der Waals surface area contributed by atoms with Crippen LogP contribution in [0.2, 0.25) is 0 Å². The molecule has 0 aliphatic heterocycles. The van der Waals surface area contributed by atoms with Crippen LogP contribution in [0.4, 0.5) is 0 Å². The maximum absolute atomic E-state index is 11.0. The van der Waals surface area contributed by atoms with Gasteiger partial charge in [0.2, 0.25) is 0 Å². The monoisotopic (exact) mass is 305 g/mol. The number of hydrogen-bond acceptors (Lipinski definition) is 4. The molecule has 4 nitrogen and oxygen atoms in total. The first kappa shape index (κ1) is 15.5. The van der Waals surface area contributed by atoms with E-state index in [1.807, 2.05) is 12.1 Å². The van der Waals surface area contributed by atoms with Gasteiger partial charge in [-0.05, 0) is 31.0 Å². The number of aromatic carboxylic acids is 1. The molecule has 0 fully saturated rings. The quantitative estimate of drug-likeness (QED) is 0.847. The third kappa shape index (κ3) is 4.29. The van der Waals surface area contributed by atoms with Crippen LogP contribution in [0, 0.1) is 6.92 Å². The second-order valence-electron chi connectivity index (χ2n) is 4.82. The average molecular weight is 305 g/mol. The minimum absolute atomic E-state index is 0.314. The molecular weight excluding hydrogens is 286 g/mol. The van der Waals surface area contributed by atoms with Crippen molar-refractivity contribution in [2.24, 2.45) is 0 Å². The summed E-state index contributed by atoms with van der Waals surface area (Å²) in [7, 11) is 0. The number of carbonyl (C=O) groups is 1. The lowest BCUT2D eigenvalue weighted by molar-refractivity contribution is 0.0701. The van der Waals surface area contributed by atoms with Crippen LogP contribution in [0.5, 0.6) is 5.75 Å². The van der Waals surface area contributed by atoms with Crippen LogP contribution < -0.4 is 4.74 Å². The fourth-order valence-electron chi connectivity index (χ4n) is 2.05. The second-order valence-corrected chi connectivity index (χ2v) is 5.90. The smallest absolute Gasteiger partial charge is 0.347 e. The summed E-state index contributed by atoms with van der Waals surface area (Å²) in [4.78, 5) is 15.5. The van der Waals surface area contributed by atoms with E-state index in [0.29, 0.717) is 23.6 Å². The van der Waals surface area contributed by atoms with E-state index in [0.717, 1.165) is 23.6 Å². The molecule has 21 heavy (non-hydrogen) atoms. The number of aryl methyl sites for hydroxylation is 2. The zero-order valence-corrected chi connectivity index (χ0v) is 13.1. The maximum atomic E-state index is 11.0. The number of benzene rings is 1. The van der Waals surface area contributed by atoms with Gasteiger partial charge >= 0.3 is 5.97 Å². The summed E-state index contributed by atoms with van der Waals surface area (Å²) in [5.74, 6) is -0.0785. The van der Waals surface area contributed by atoms with Gasteiger partial charge < -0.3 is 9.84 Å². The number of nitrogens with zero attached hydrogens (tertiary/aromatic N) is 1. The molecule has 0 bridgehead atoms. The Labute approximate surface area is 128 Å². The van der Waals surface area contributed by atoms with Gasteiger partial charge in [0, 0.05) is 6.42 Å². The van der Waals surface area contributed by atoms with Gasteiger partial charge in [0.1, 0.15) is 10.6 Å². The van der Waals surface area contributed by atoms with Gasteiger partial charge in [0.15, 0.2) is 0 Å². The standard InChI is InChI=1S/C16H19NO3S/c1-3-4-12-5-7-13(8-6-12)20-10-9-14-17-11(2)15(21-14)16(18)19/h5-8H,3-4,9-10H2,1-2H3,(H,18,19). The third-order valence-corrected chi connectivity index (χ3v) is 4.29. The molecule has 0 unspecified atom stereocenters. The highest BCUT2D eigenvalue weighted by atomic mass is 32.1. The highest BCUT2D eigenvalue weighted by Gasteiger charge is 2.13. The van der Waals surface area contributed by atoms with Crippen LogP contribution in [-0.4, -0.2) is 22.7 Å². The minimum Gasteiger partial charge on any atom is -0.493 e. The normalized spacial score (nSPS) is 10.6. The number of hydrogen-bond donors (Lipinski definition) is 1. The Morgan fingerprint density at radius 1 is 1.29 bits per heavy atom. The molecule has 5 heteroatoms. The largest absolute Gasteiger partial charge is 0.493 e. The minimum atomic E-state index is -0.913. The molecule has 0 aliphatic rings. The Kier molecular flexibility index (Phi) is 5.33. The summed E-state index contributed by atoms with van der Waals surface area (Å²) < 4.78 is 5.67. The fourth-order valence-corrected chi connectivity index (χ4v) is 2.94. The van der Waals surface area contributed by atoms with Crippen LogP contribution in [0.3, 0.4) is 0 Å². The first-order chi connectivity index (χ1) is 10.1. The van der Waals surface area contributed by atoms with Gasteiger partial charge in [-0.2, -0.15) is 0 Å².